The van der Waals surface area contributed by atoms with Crippen LogP contribution >= 0.6 is 0 Å². The van der Waals surface area contributed by atoms with E-state index in [0.29, 0.717) is 18.5 Å². The summed E-state index contributed by atoms with van der Waals surface area (Å²) in [5, 5.41) is 20.7. The molecule has 0 spiro atoms. The zero-order chi connectivity index (χ0) is 35.5. The van der Waals surface area contributed by atoms with E-state index < -0.39 is 48.1 Å². The Morgan fingerprint density at radius 1 is 0.878 bits per heavy atom. The van der Waals surface area contributed by atoms with Crippen LogP contribution in [0.3, 0.4) is 0 Å². The molecule has 13 heteroatoms. The van der Waals surface area contributed by atoms with Crippen molar-refractivity contribution in [3.63, 3.8) is 0 Å². The Bertz CT molecular complexity index is 1600. The number of hydrogen-bond acceptors (Lipinski definition) is 8. The van der Waals surface area contributed by atoms with Crippen LogP contribution < -0.4 is 27.0 Å². The van der Waals surface area contributed by atoms with Gasteiger partial charge in [-0.1, -0.05) is 80.9 Å². The van der Waals surface area contributed by atoms with Gasteiger partial charge in [0.1, 0.15) is 18.7 Å². The summed E-state index contributed by atoms with van der Waals surface area (Å²) in [6.45, 7) is 3.93. The van der Waals surface area contributed by atoms with Crippen molar-refractivity contribution in [2.45, 2.75) is 57.2 Å². The molecule has 0 bridgehead atoms. The molecule has 1 aliphatic carbocycles. The van der Waals surface area contributed by atoms with E-state index >= 15 is 0 Å². The number of carbonyl (C=O) groups excluding carboxylic acids is 5. The van der Waals surface area contributed by atoms with Gasteiger partial charge >= 0.3 is 18.1 Å². The van der Waals surface area contributed by atoms with Gasteiger partial charge in [0.2, 0.25) is 11.8 Å². The molecule has 3 aromatic carbocycles. The molecule has 0 aliphatic heterocycles. The SMILES string of the molecule is CCC(C)C(NC(=O)OCC1c2ccccc2-c2ccccc21)C(=O)NC(CCCNC(N)=O)C(=O)Nc1ccc(C(O)C(=O)OC)cc1. The third-order valence-corrected chi connectivity index (χ3v) is 8.63. The molecule has 7 N–H and O–H groups in total. The first-order valence-electron chi connectivity index (χ1n) is 16.2. The van der Waals surface area contributed by atoms with Gasteiger partial charge in [-0.15, -0.1) is 0 Å². The van der Waals surface area contributed by atoms with Crippen LogP contribution in [0.25, 0.3) is 11.1 Å². The third-order valence-electron chi connectivity index (χ3n) is 8.63. The molecule has 4 atom stereocenters. The predicted octanol–water partition coefficient (Wildman–Crippen LogP) is 3.72. The molecule has 0 saturated carbocycles. The van der Waals surface area contributed by atoms with Crippen molar-refractivity contribution in [1.82, 2.24) is 16.0 Å². The first-order valence-corrected chi connectivity index (χ1v) is 16.2. The number of alkyl carbamates (subject to hydrolysis) is 1. The van der Waals surface area contributed by atoms with Crippen molar-refractivity contribution in [2.75, 3.05) is 25.6 Å². The molecule has 4 rings (SSSR count). The molecular weight excluding hydrogens is 630 g/mol. The minimum atomic E-state index is -1.49. The second kappa shape index (κ2) is 17.1. The van der Waals surface area contributed by atoms with E-state index in [1.54, 1.807) is 0 Å². The Morgan fingerprint density at radius 3 is 2.06 bits per heavy atom. The summed E-state index contributed by atoms with van der Waals surface area (Å²) in [5.41, 5.74) is 10.1. The second-order valence-electron chi connectivity index (χ2n) is 11.9. The number of carbonyl (C=O) groups is 5. The smallest absolute Gasteiger partial charge is 0.407 e. The molecule has 49 heavy (non-hydrogen) atoms. The molecule has 0 radical (unpaired) electrons. The highest BCUT2D eigenvalue weighted by Crippen LogP contribution is 2.44. The highest BCUT2D eigenvalue weighted by molar-refractivity contribution is 5.98. The predicted molar refractivity (Wildman–Crippen MR) is 182 cm³/mol. The molecule has 3 aromatic rings. The van der Waals surface area contributed by atoms with Crippen LogP contribution in [0, 0.1) is 5.92 Å². The quantitative estimate of drug-likeness (QED) is 0.104. The van der Waals surface area contributed by atoms with Crippen molar-refractivity contribution in [2.24, 2.45) is 11.7 Å². The molecule has 0 fully saturated rings. The minimum Gasteiger partial charge on any atom is -0.467 e. The number of anilines is 1. The molecule has 1 aliphatic rings. The number of ether oxygens (including phenoxy) is 2. The van der Waals surface area contributed by atoms with Gasteiger partial charge < -0.3 is 41.6 Å². The van der Waals surface area contributed by atoms with Crippen LogP contribution in [0.4, 0.5) is 15.3 Å². The van der Waals surface area contributed by atoms with Gasteiger partial charge in [0.15, 0.2) is 6.10 Å². The first-order chi connectivity index (χ1) is 23.5. The van der Waals surface area contributed by atoms with Gasteiger partial charge in [-0.25, -0.2) is 14.4 Å². The Balaban J connectivity index is 1.43. The van der Waals surface area contributed by atoms with Gasteiger partial charge in [-0.3, -0.25) is 9.59 Å². The van der Waals surface area contributed by atoms with E-state index in [4.69, 9.17) is 10.5 Å². The number of methoxy groups -OCH3 is 1. The lowest BCUT2D eigenvalue weighted by molar-refractivity contribution is -0.150. The second-order valence-corrected chi connectivity index (χ2v) is 11.9. The van der Waals surface area contributed by atoms with Crippen LogP contribution in [0.15, 0.2) is 72.8 Å². The van der Waals surface area contributed by atoms with Gasteiger partial charge in [0.05, 0.1) is 7.11 Å². The van der Waals surface area contributed by atoms with Gasteiger partial charge in [0.25, 0.3) is 0 Å². The monoisotopic (exact) mass is 673 g/mol. The normalized spacial score (nSPS) is 14.2. The number of nitrogens with one attached hydrogen (secondary N) is 4. The summed E-state index contributed by atoms with van der Waals surface area (Å²) < 4.78 is 10.2. The molecule has 13 nitrogen and oxygen atoms in total. The van der Waals surface area contributed by atoms with E-state index in [0.717, 1.165) is 29.4 Å². The fourth-order valence-corrected chi connectivity index (χ4v) is 5.74. The zero-order valence-electron chi connectivity index (χ0n) is 27.7. The standard InChI is InChI=1S/C36H43N5O8/c1-4-21(2)30(41-36(47)49-20-28-26-12-7-5-10-24(26)25-11-6-8-13-27(25)28)33(44)40-29(14-9-19-38-35(37)46)32(43)39-23-17-15-22(16-18-23)31(42)34(45)48-3/h5-8,10-13,15-18,21,28-31,42H,4,9,14,19-20H2,1-3H3,(H,39,43)(H,40,44)(H,41,47)(H3,37,38,46). The minimum absolute atomic E-state index is 0.0715. The average Bonchev–Trinajstić information content (AvgIpc) is 3.43. The molecule has 0 aromatic heterocycles. The van der Waals surface area contributed by atoms with Crippen LogP contribution in [-0.2, 0) is 23.9 Å². The van der Waals surface area contributed by atoms with Crippen LogP contribution in [0.1, 0.15) is 61.8 Å². The number of fused-ring (bicyclic) bond motifs is 3. The van der Waals surface area contributed by atoms with E-state index in [2.05, 4.69) is 26.0 Å². The maximum atomic E-state index is 13.7. The lowest BCUT2D eigenvalue weighted by Gasteiger charge is -2.26. The highest BCUT2D eigenvalue weighted by Gasteiger charge is 2.32. The van der Waals surface area contributed by atoms with Crippen LogP contribution in [0.2, 0.25) is 0 Å². The van der Waals surface area contributed by atoms with E-state index in [1.807, 2.05) is 62.4 Å². The fourth-order valence-electron chi connectivity index (χ4n) is 5.74. The van der Waals surface area contributed by atoms with Gasteiger partial charge in [0, 0.05) is 18.2 Å². The molecule has 5 amide bonds. The Labute approximate surface area is 284 Å². The Hall–Kier alpha value is -5.43. The number of benzene rings is 3. The molecular formula is C36H43N5O8. The number of nitrogens with two attached hydrogens (primary N) is 1. The van der Waals surface area contributed by atoms with Crippen molar-refractivity contribution in [1.29, 1.82) is 0 Å². The number of urea groups is 1. The number of esters is 1. The number of aliphatic hydroxyl groups is 1. The van der Waals surface area contributed by atoms with Crippen LogP contribution in [-0.4, -0.2) is 67.4 Å². The lowest BCUT2D eigenvalue weighted by atomic mass is 9.97. The summed E-state index contributed by atoms with van der Waals surface area (Å²) in [6, 6.07) is 19.1. The summed E-state index contributed by atoms with van der Waals surface area (Å²) in [4.78, 5) is 63.0. The fraction of sp³-hybridized carbons (Fsp3) is 0.361. The van der Waals surface area contributed by atoms with E-state index in [1.165, 1.54) is 24.3 Å². The lowest BCUT2D eigenvalue weighted by Crippen LogP contribution is -2.55. The van der Waals surface area contributed by atoms with E-state index in [-0.39, 0.29) is 37.0 Å². The number of aliphatic hydroxyl groups excluding tert-OH is 1. The Morgan fingerprint density at radius 2 is 1.49 bits per heavy atom. The number of rotatable bonds is 15. The topological polar surface area (TPSA) is 198 Å². The average molecular weight is 674 g/mol. The van der Waals surface area contributed by atoms with Gasteiger partial charge in [-0.05, 0) is 58.7 Å². The summed E-state index contributed by atoms with van der Waals surface area (Å²) in [6.07, 6.45) is -1.26. The third kappa shape index (κ3) is 9.35. The van der Waals surface area contributed by atoms with E-state index in [9.17, 15) is 29.1 Å². The molecule has 4 unspecified atom stereocenters. The molecule has 0 saturated heterocycles. The van der Waals surface area contributed by atoms with Crippen molar-refractivity contribution >= 4 is 35.6 Å². The zero-order valence-corrected chi connectivity index (χ0v) is 27.7. The first kappa shape index (κ1) is 36.4. The van der Waals surface area contributed by atoms with Crippen molar-refractivity contribution < 1.29 is 38.6 Å². The highest BCUT2D eigenvalue weighted by atomic mass is 16.5. The maximum absolute atomic E-state index is 13.7. The summed E-state index contributed by atoms with van der Waals surface area (Å²) in [5.74, 6) is -2.43. The summed E-state index contributed by atoms with van der Waals surface area (Å²) >= 11 is 0. The Kier molecular flexibility index (Phi) is 12.7. The number of amides is 5. The largest absolute Gasteiger partial charge is 0.467 e. The maximum Gasteiger partial charge on any atom is 0.407 e. The van der Waals surface area contributed by atoms with Crippen molar-refractivity contribution in [3.05, 3.63) is 89.5 Å². The molecule has 260 valence electrons. The number of primary amides is 1. The van der Waals surface area contributed by atoms with Crippen molar-refractivity contribution in [3.8, 4) is 11.1 Å². The van der Waals surface area contributed by atoms with Gasteiger partial charge in [-0.2, -0.15) is 0 Å². The molecule has 0 heterocycles. The van der Waals surface area contributed by atoms with Crippen LogP contribution in [0.5, 0.6) is 0 Å². The summed E-state index contributed by atoms with van der Waals surface area (Å²) in [7, 11) is 1.16. The number of hydrogen-bond donors (Lipinski definition) is 6.